The summed E-state index contributed by atoms with van der Waals surface area (Å²) in [4.78, 5) is 4.30. The number of aryl methyl sites for hydroxylation is 2. The molecule has 0 radical (unpaired) electrons. The van der Waals surface area contributed by atoms with Gasteiger partial charge in [-0.3, -0.25) is 4.99 Å². The highest BCUT2D eigenvalue weighted by Crippen LogP contribution is 2.25. The van der Waals surface area contributed by atoms with Crippen molar-refractivity contribution in [3.63, 3.8) is 0 Å². The van der Waals surface area contributed by atoms with Crippen LogP contribution in [0.15, 0.2) is 59.9 Å². The molecule has 0 aliphatic rings. The van der Waals surface area contributed by atoms with Gasteiger partial charge in [0.25, 0.3) is 0 Å². The molecule has 8 heteroatoms. The van der Waals surface area contributed by atoms with E-state index < -0.39 is 0 Å². The Kier molecular flexibility index (Phi) is 9.59. The summed E-state index contributed by atoms with van der Waals surface area (Å²) in [6.07, 6.45) is 2.63. The van der Waals surface area contributed by atoms with E-state index in [1.807, 2.05) is 47.0 Å². The molecule has 1 heterocycles. The second-order valence-corrected chi connectivity index (χ2v) is 6.67. The van der Waals surface area contributed by atoms with Crippen LogP contribution in [-0.2, 0) is 19.5 Å². The van der Waals surface area contributed by atoms with Crippen LogP contribution in [-0.4, -0.2) is 34.3 Å². The van der Waals surface area contributed by atoms with Gasteiger partial charge in [0.2, 0.25) is 0 Å². The molecule has 2 aromatic carbocycles. The highest BCUT2D eigenvalue weighted by atomic mass is 127. The van der Waals surface area contributed by atoms with Gasteiger partial charge in [-0.1, -0.05) is 42.8 Å². The summed E-state index contributed by atoms with van der Waals surface area (Å²) in [5.41, 5.74) is 2.27. The third-order valence-corrected chi connectivity index (χ3v) is 4.55. The van der Waals surface area contributed by atoms with E-state index in [4.69, 9.17) is 4.74 Å². The van der Waals surface area contributed by atoms with E-state index in [0.29, 0.717) is 6.54 Å². The average molecular weight is 520 g/mol. The van der Waals surface area contributed by atoms with Crippen LogP contribution in [0.5, 0.6) is 11.5 Å². The SMILES string of the molecule is CCc1nncn1CCNC(=NC)NCc1ccccc1Oc1ccc(C)cc1.I. The molecule has 0 saturated heterocycles. The van der Waals surface area contributed by atoms with E-state index in [2.05, 4.69) is 45.7 Å². The number of benzene rings is 2. The lowest BCUT2D eigenvalue weighted by Crippen LogP contribution is -2.38. The van der Waals surface area contributed by atoms with E-state index in [9.17, 15) is 0 Å². The molecule has 0 aliphatic heterocycles. The van der Waals surface area contributed by atoms with Crippen LogP contribution < -0.4 is 15.4 Å². The molecule has 0 aliphatic carbocycles. The number of hydrogen-bond acceptors (Lipinski definition) is 4. The number of nitrogens with zero attached hydrogens (tertiary/aromatic N) is 4. The maximum atomic E-state index is 6.07. The Balaban J connectivity index is 0.00000320. The molecule has 160 valence electrons. The van der Waals surface area contributed by atoms with Crippen molar-refractivity contribution in [3.8, 4) is 11.5 Å². The summed E-state index contributed by atoms with van der Waals surface area (Å²) in [5, 5.41) is 14.7. The third kappa shape index (κ3) is 6.72. The lowest BCUT2D eigenvalue weighted by atomic mass is 10.2. The molecule has 0 unspecified atom stereocenters. The fourth-order valence-electron chi connectivity index (χ4n) is 2.92. The molecular formula is C22H29IN6O. The molecule has 7 nitrogen and oxygen atoms in total. The van der Waals surface area contributed by atoms with Crippen LogP contribution in [0.3, 0.4) is 0 Å². The molecule has 3 aromatic rings. The Labute approximate surface area is 195 Å². The summed E-state index contributed by atoms with van der Waals surface area (Å²) < 4.78 is 8.12. The number of hydrogen-bond donors (Lipinski definition) is 2. The standard InChI is InChI=1S/C22H28N6O.HI/c1-4-21-27-26-16-28(21)14-13-24-22(23-3)25-15-18-7-5-6-8-20(18)29-19-11-9-17(2)10-12-19;/h5-12,16H,4,13-15H2,1-3H3,(H2,23,24,25);1H. The van der Waals surface area contributed by atoms with Crippen LogP contribution in [0.1, 0.15) is 23.9 Å². The monoisotopic (exact) mass is 520 g/mol. The lowest BCUT2D eigenvalue weighted by molar-refractivity contribution is 0.475. The molecule has 0 spiro atoms. The van der Waals surface area contributed by atoms with Crippen LogP contribution in [0.4, 0.5) is 0 Å². The predicted octanol–water partition coefficient (Wildman–Crippen LogP) is 3.92. The lowest BCUT2D eigenvalue weighted by Gasteiger charge is -2.15. The van der Waals surface area contributed by atoms with Gasteiger partial charge in [0.15, 0.2) is 5.96 Å². The number of aromatic nitrogens is 3. The zero-order valence-electron chi connectivity index (χ0n) is 17.6. The molecular weight excluding hydrogens is 491 g/mol. The summed E-state index contributed by atoms with van der Waals surface area (Å²) in [6.45, 7) is 6.25. The number of nitrogens with one attached hydrogen (secondary N) is 2. The van der Waals surface area contributed by atoms with Crippen molar-refractivity contribution in [2.24, 2.45) is 4.99 Å². The first-order chi connectivity index (χ1) is 14.2. The largest absolute Gasteiger partial charge is 0.457 e. The molecule has 0 bridgehead atoms. The van der Waals surface area contributed by atoms with Crippen LogP contribution >= 0.6 is 24.0 Å². The van der Waals surface area contributed by atoms with Gasteiger partial charge in [0.05, 0.1) is 0 Å². The van der Waals surface area contributed by atoms with Gasteiger partial charge in [0.1, 0.15) is 23.7 Å². The van der Waals surface area contributed by atoms with E-state index in [1.165, 1.54) is 5.56 Å². The molecule has 3 rings (SSSR count). The van der Waals surface area contributed by atoms with Crippen molar-refractivity contribution >= 4 is 29.9 Å². The van der Waals surface area contributed by atoms with Crippen LogP contribution in [0.2, 0.25) is 0 Å². The molecule has 0 atom stereocenters. The van der Waals surface area contributed by atoms with Crippen molar-refractivity contribution in [1.29, 1.82) is 0 Å². The van der Waals surface area contributed by atoms with Gasteiger partial charge < -0.3 is 19.9 Å². The second-order valence-electron chi connectivity index (χ2n) is 6.67. The minimum absolute atomic E-state index is 0. The number of halogens is 1. The van der Waals surface area contributed by atoms with Crippen LogP contribution in [0.25, 0.3) is 0 Å². The first-order valence-electron chi connectivity index (χ1n) is 9.83. The molecule has 1 aromatic heterocycles. The van der Waals surface area contributed by atoms with Crippen molar-refractivity contribution in [2.75, 3.05) is 13.6 Å². The van der Waals surface area contributed by atoms with Gasteiger partial charge in [-0.05, 0) is 25.1 Å². The molecule has 30 heavy (non-hydrogen) atoms. The number of aliphatic imine (C=N–C) groups is 1. The normalized spacial score (nSPS) is 11.0. The van der Waals surface area contributed by atoms with Gasteiger partial charge >= 0.3 is 0 Å². The first-order valence-corrected chi connectivity index (χ1v) is 9.83. The molecule has 0 amide bonds. The molecule has 0 saturated carbocycles. The quantitative estimate of drug-likeness (QED) is 0.268. The Bertz CT molecular complexity index is 939. The molecule has 0 fully saturated rings. The number of para-hydroxylation sites is 1. The van der Waals surface area contributed by atoms with Crippen molar-refractivity contribution in [2.45, 2.75) is 33.4 Å². The second kappa shape index (κ2) is 12.2. The third-order valence-electron chi connectivity index (χ3n) is 4.55. The highest BCUT2D eigenvalue weighted by Gasteiger charge is 2.06. The molecule has 2 N–H and O–H groups in total. The van der Waals surface area contributed by atoms with E-state index >= 15 is 0 Å². The Hall–Kier alpha value is -2.62. The Morgan fingerprint density at radius 2 is 1.87 bits per heavy atom. The topological polar surface area (TPSA) is 76.4 Å². The van der Waals surface area contributed by atoms with E-state index in [-0.39, 0.29) is 24.0 Å². The first kappa shape index (κ1) is 23.7. The zero-order chi connectivity index (χ0) is 20.5. The average Bonchev–Trinajstić information content (AvgIpc) is 3.20. The highest BCUT2D eigenvalue weighted by molar-refractivity contribution is 14.0. The number of ether oxygens (including phenoxy) is 1. The number of guanidine groups is 1. The van der Waals surface area contributed by atoms with E-state index in [0.717, 1.165) is 48.4 Å². The number of rotatable bonds is 8. The smallest absolute Gasteiger partial charge is 0.191 e. The Morgan fingerprint density at radius 3 is 2.60 bits per heavy atom. The van der Waals surface area contributed by atoms with Crippen molar-refractivity contribution < 1.29 is 4.74 Å². The van der Waals surface area contributed by atoms with Gasteiger partial charge in [-0.2, -0.15) is 0 Å². The van der Waals surface area contributed by atoms with Crippen LogP contribution in [0, 0.1) is 6.92 Å². The maximum absolute atomic E-state index is 6.07. The van der Waals surface area contributed by atoms with Gasteiger partial charge in [-0.25, -0.2) is 0 Å². The fourth-order valence-corrected chi connectivity index (χ4v) is 2.92. The minimum Gasteiger partial charge on any atom is -0.457 e. The fraction of sp³-hybridized carbons (Fsp3) is 0.318. The summed E-state index contributed by atoms with van der Waals surface area (Å²) >= 11 is 0. The minimum atomic E-state index is 0. The maximum Gasteiger partial charge on any atom is 0.191 e. The van der Waals surface area contributed by atoms with Gasteiger partial charge in [-0.15, -0.1) is 34.2 Å². The summed E-state index contributed by atoms with van der Waals surface area (Å²) in [7, 11) is 1.76. The van der Waals surface area contributed by atoms with E-state index in [1.54, 1.807) is 13.4 Å². The van der Waals surface area contributed by atoms with Crippen molar-refractivity contribution in [1.82, 2.24) is 25.4 Å². The predicted molar refractivity (Wildman–Crippen MR) is 131 cm³/mol. The van der Waals surface area contributed by atoms with Gasteiger partial charge in [0, 0.05) is 38.7 Å². The zero-order valence-corrected chi connectivity index (χ0v) is 20.0. The summed E-state index contributed by atoms with van der Waals surface area (Å²) in [5.74, 6) is 3.38. The Morgan fingerprint density at radius 1 is 1.10 bits per heavy atom. The van der Waals surface area contributed by atoms with Crippen molar-refractivity contribution in [3.05, 3.63) is 71.8 Å². The summed E-state index contributed by atoms with van der Waals surface area (Å²) in [6, 6.07) is 16.1.